The molecule has 0 saturated carbocycles. The minimum Gasteiger partial charge on any atom is -0.313 e. The van der Waals surface area contributed by atoms with Crippen LogP contribution in [-0.4, -0.2) is 32.9 Å². The Balaban J connectivity index is 3.20. The van der Waals surface area contributed by atoms with E-state index in [1.807, 2.05) is 27.7 Å². The molecule has 0 amide bonds. The van der Waals surface area contributed by atoms with Crippen molar-refractivity contribution in [1.29, 1.82) is 0 Å². The van der Waals surface area contributed by atoms with E-state index in [0.29, 0.717) is 25.2 Å². The van der Waals surface area contributed by atoms with Gasteiger partial charge >= 0.3 is 0 Å². The molecule has 1 aromatic carbocycles. The molecule has 0 unspecified atom stereocenters. The number of sulfonamides is 1. The van der Waals surface area contributed by atoms with Crippen LogP contribution in [0.1, 0.15) is 33.3 Å². The van der Waals surface area contributed by atoms with Gasteiger partial charge in [-0.1, -0.05) is 33.8 Å². The minimum atomic E-state index is -3.70. The molecule has 0 fully saturated rings. The molecule has 0 bridgehead atoms. The van der Waals surface area contributed by atoms with Crippen molar-refractivity contribution in [2.75, 3.05) is 20.1 Å². The van der Waals surface area contributed by atoms with E-state index in [-0.39, 0.29) is 10.3 Å². The zero-order chi connectivity index (χ0) is 16.3. The lowest BCUT2D eigenvalue weighted by Gasteiger charge is -2.26. The number of nitrogens with zero attached hydrogens (tertiary/aromatic N) is 1. The lowest BCUT2D eigenvalue weighted by Crippen LogP contribution is -2.35. The van der Waals surface area contributed by atoms with E-state index in [1.165, 1.54) is 23.5 Å². The second kappa shape index (κ2) is 6.85. The summed E-state index contributed by atoms with van der Waals surface area (Å²) in [7, 11) is -2.17. The fourth-order valence-electron chi connectivity index (χ4n) is 2.10. The van der Waals surface area contributed by atoms with Crippen molar-refractivity contribution in [3.8, 4) is 0 Å². The predicted octanol–water partition coefficient (Wildman–Crippen LogP) is 2.60. The Bertz CT molecular complexity index is 580. The van der Waals surface area contributed by atoms with Crippen molar-refractivity contribution in [1.82, 2.24) is 9.62 Å². The molecule has 1 N–H and O–H groups in total. The SMILES string of the molecule is CCNCc1ccc(F)cc1S(=O)(=O)N(C)CC(C)(C)C. The standard InChI is InChI=1S/C15H25FN2O2S/c1-6-17-10-12-7-8-13(16)9-14(12)21(19,20)18(5)11-15(2,3)4/h7-9,17H,6,10-11H2,1-5H3. The average molecular weight is 316 g/mol. The molecular formula is C15H25FN2O2S. The molecule has 0 aromatic heterocycles. The van der Waals surface area contributed by atoms with Crippen LogP contribution < -0.4 is 5.32 Å². The highest BCUT2D eigenvalue weighted by molar-refractivity contribution is 7.89. The molecule has 0 aliphatic heterocycles. The third kappa shape index (κ3) is 5.05. The van der Waals surface area contributed by atoms with Crippen molar-refractivity contribution in [3.05, 3.63) is 29.6 Å². The predicted molar refractivity (Wildman–Crippen MR) is 83.1 cm³/mol. The molecule has 0 radical (unpaired) electrons. The molecule has 1 aromatic rings. The summed E-state index contributed by atoms with van der Waals surface area (Å²) in [6.07, 6.45) is 0. The number of nitrogens with one attached hydrogen (secondary N) is 1. The van der Waals surface area contributed by atoms with Crippen molar-refractivity contribution >= 4 is 10.0 Å². The summed E-state index contributed by atoms with van der Waals surface area (Å²) in [6, 6.07) is 3.91. The summed E-state index contributed by atoms with van der Waals surface area (Å²) >= 11 is 0. The second-order valence-corrected chi connectivity index (χ2v) is 8.37. The van der Waals surface area contributed by atoms with Crippen molar-refractivity contribution in [2.45, 2.75) is 39.1 Å². The lowest BCUT2D eigenvalue weighted by atomic mass is 9.97. The molecule has 0 spiro atoms. The largest absolute Gasteiger partial charge is 0.313 e. The number of hydrogen-bond donors (Lipinski definition) is 1. The molecule has 6 heteroatoms. The topological polar surface area (TPSA) is 49.4 Å². The first-order valence-corrected chi connectivity index (χ1v) is 8.47. The van der Waals surface area contributed by atoms with Crippen LogP contribution in [0.4, 0.5) is 4.39 Å². The monoisotopic (exact) mass is 316 g/mol. The maximum Gasteiger partial charge on any atom is 0.243 e. The quantitative estimate of drug-likeness (QED) is 0.877. The smallest absolute Gasteiger partial charge is 0.243 e. The molecule has 0 aliphatic rings. The van der Waals surface area contributed by atoms with E-state index in [0.717, 1.165) is 6.07 Å². The van der Waals surface area contributed by atoms with E-state index in [1.54, 1.807) is 0 Å². The van der Waals surface area contributed by atoms with Gasteiger partial charge in [0.25, 0.3) is 0 Å². The number of rotatable bonds is 6. The van der Waals surface area contributed by atoms with Gasteiger partial charge in [-0.25, -0.2) is 17.1 Å². The Morgan fingerprint density at radius 1 is 1.29 bits per heavy atom. The summed E-state index contributed by atoms with van der Waals surface area (Å²) < 4.78 is 40.1. The third-order valence-corrected chi connectivity index (χ3v) is 4.87. The van der Waals surface area contributed by atoms with Crippen LogP contribution in [0.5, 0.6) is 0 Å². The fourth-order valence-corrected chi connectivity index (χ4v) is 3.72. The first-order chi connectivity index (χ1) is 9.58. The number of halogens is 1. The second-order valence-electron chi connectivity index (χ2n) is 6.35. The summed E-state index contributed by atoms with van der Waals surface area (Å²) in [5.74, 6) is -0.544. The van der Waals surface area contributed by atoms with Gasteiger partial charge in [-0.05, 0) is 29.7 Å². The van der Waals surface area contributed by atoms with E-state index >= 15 is 0 Å². The van der Waals surface area contributed by atoms with Gasteiger partial charge in [0, 0.05) is 20.1 Å². The maximum absolute atomic E-state index is 13.5. The van der Waals surface area contributed by atoms with Crippen molar-refractivity contribution in [2.24, 2.45) is 5.41 Å². The van der Waals surface area contributed by atoms with Gasteiger partial charge in [0.2, 0.25) is 10.0 Å². The fraction of sp³-hybridized carbons (Fsp3) is 0.600. The summed E-state index contributed by atoms with van der Waals surface area (Å²) in [5.41, 5.74) is 0.413. The van der Waals surface area contributed by atoms with Crippen molar-refractivity contribution in [3.63, 3.8) is 0 Å². The van der Waals surface area contributed by atoms with Crippen molar-refractivity contribution < 1.29 is 12.8 Å². The first kappa shape index (κ1) is 18.1. The Morgan fingerprint density at radius 3 is 2.43 bits per heavy atom. The molecule has 0 saturated heterocycles. The zero-order valence-electron chi connectivity index (χ0n) is 13.4. The Hall–Kier alpha value is -0.980. The van der Waals surface area contributed by atoms with Gasteiger partial charge in [-0.3, -0.25) is 0 Å². The van der Waals surface area contributed by atoms with Crippen LogP contribution in [0, 0.1) is 11.2 Å². The summed E-state index contributed by atoms with van der Waals surface area (Å²) in [4.78, 5) is 0.0372. The van der Waals surface area contributed by atoms with Gasteiger partial charge < -0.3 is 5.32 Å². The van der Waals surface area contributed by atoms with E-state index < -0.39 is 15.8 Å². The van der Waals surface area contributed by atoms with Crippen LogP contribution in [-0.2, 0) is 16.6 Å². The summed E-state index contributed by atoms with van der Waals surface area (Å²) in [6.45, 7) is 9.30. The van der Waals surface area contributed by atoms with E-state index in [2.05, 4.69) is 5.32 Å². The molecule has 4 nitrogen and oxygen atoms in total. The third-order valence-electron chi connectivity index (χ3n) is 2.98. The normalized spacial score (nSPS) is 12.9. The van der Waals surface area contributed by atoms with E-state index in [4.69, 9.17) is 0 Å². The number of hydrogen-bond acceptors (Lipinski definition) is 3. The zero-order valence-corrected chi connectivity index (χ0v) is 14.2. The lowest BCUT2D eigenvalue weighted by molar-refractivity contribution is 0.310. The highest BCUT2D eigenvalue weighted by atomic mass is 32.2. The molecule has 0 atom stereocenters. The summed E-state index contributed by atoms with van der Waals surface area (Å²) in [5, 5.41) is 3.08. The van der Waals surface area contributed by atoms with Gasteiger partial charge in [0.15, 0.2) is 0 Å². The van der Waals surface area contributed by atoms with Gasteiger partial charge in [0.05, 0.1) is 4.90 Å². The molecule has 1 rings (SSSR count). The first-order valence-electron chi connectivity index (χ1n) is 7.03. The Morgan fingerprint density at radius 2 is 1.90 bits per heavy atom. The van der Waals surface area contributed by atoms with Gasteiger partial charge in [-0.15, -0.1) is 0 Å². The van der Waals surface area contributed by atoms with Crippen LogP contribution in [0.15, 0.2) is 23.1 Å². The van der Waals surface area contributed by atoms with E-state index in [9.17, 15) is 12.8 Å². The minimum absolute atomic E-state index is 0.0372. The van der Waals surface area contributed by atoms with Crippen LogP contribution in [0.2, 0.25) is 0 Å². The number of benzene rings is 1. The molecule has 21 heavy (non-hydrogen) atoms. The van der Waals surface area contributed by atoms with Crippen LogP contribution in [0.25, 0.3) is 0 Å². The van der Waals surface area contributed by atoms with Gasteiger partial charge in [-0.2, -0.15) is 0 Å². The Kier molecular flexibility index (Phi) is 5.90. The Labute approximate surface area is 127 Å². The average Bonchev–Trinajstić information content (AvgIpc) is 2.35. The highest BCUT2D eigenvalue weighted by Crippen LogP contribution is 2.24. The maximum atomic E-state index is 13.5. The molecule has 0 heterocycles. The van der Waals surface area contributed by atoms with Gasteiger partial charge in [0.1, 0.15) is 5.82 Å². The molecule has 120 valence electrons. The molecular weight excluding hydrogens is 291 g/mol. The highest BCUT2D eigenvalue weighted by Gasteiger charge is 2.27. The van der Waals surface area contributed by atoms with Crippen LogP contribution in [0.3, 0.4) is 0 Å². The van der Waals surface area contributed by atoms with Crippen LogP contribution >= 0.6 is 0 Å². The molecule has 0 aliphatic carbocycles.